The summed E-state index contributed by atoms with van der Waals surface area (Å²) in [5.41, 5.74) is 0.853. The van der Waals surface area contributed by atoms with Crippen LogP contribution < -0.4 is 14.4 Å². The summed E-state index contributed by atoms with van der Waals surface area (Å²) in [6.45, 7) is 3.89. The lowest BCUT2D eigenvalue weighted by Gasteiger charge is -2.14. The maximum absolute atomic E-state index is 12.3. The number of esters is 1. The Morgan fingerprint density at radius 2 is 2.00 bits per heavy atom. The Kier molecular flexibility index (Phi) is 6.35. The highest BCUT2D eigenvalue weighted by Gasteiger charge is 2.19. The predicted octanol–water partition coefficient (Wildman–Crippen LogP) is 2.89. The highest BCUT2D eigenvalue weighted by atomic mass is 32.1. The van der Waals surface area contributed by atoms with Gasteiger partial charge in [0.05, 0.1) is 19.9 Å². The van der Waals surface area contributed by atoms with Crippen molar-refractivity contribution < 1.29 is 23.8 Å². The summed E-state index contributed by atoms with van der Waals surface area (Å²) in [7, 11) is 2.96. The number of anilines is 1. The third kappa shape index (κ3) is 4.27. The van der Waals surface area contributed by atoms with Gasteiger partial charge in [-0.3, -0.25) is 9.69 Å². The van der Waals surface area contributed by atoms with Gasteiger partial charge in [0.25, 0.3) is 0 Å². The van der Waals surface area contributed by atoms with Crippen molar-refractivity contribution in [3.63, 3.8) is 0 Å². The maximum atomic E-state index is 12.3. The molecule has 0 radical (unpaired) electrons. The molecule has 0 saturated carbocycles. The summed E-state index contributed by atoms with van der Waals surface area (Å²) >= 11 is 1.33. The molecule has 0 aliphatic carbocycles. The van der Waals surface area contributed by atoms with Crippen LogP contribution in [0, 0.1) is 0 Å². The number of amides is 1. The molecule has 1 heterocycles. The fraction of sp³-hybridized carbons (Fsp3) is 0.353. The van der Waals surface area contributed by atoms with Crippen LogP contribution in [0.4, 0.5) is 5.13 Å². The molecule has 0 fully saturated rings. The fourth-order valence-corrected chi connectivity index (χ4v) is 3.16. The first-order valence-corrected chi connectivity index (χ1v) is 8.50. The smallest absolute Gasteiger partial charge is 0.342 e. The molecule has 1 aromatic heterocycles. The summed E-state index contributed by atoms with van der Waals surface area (Å²) in [5, 5.41) is 2.34. The number of benzene rings is 1. The van der Waals surface area contributed by atoms with E-state index in [-0.39, 0.29) is 18.1 Å². The second kappa shape index (κ2) is 8.48. The van der Waals surface area contributed by atoms with Crippen LogP contribution >= 0.6 is 11.3 Å². The second-order valence-corrected chi connectivity index (χ2v) is 5.84. The standard InChI is InChI=1S/C17H20N2O5S/c1-5-19(11(2)20)17-18-12(10-25-17)9-24-16(21)13-7-6-8-14(22-3)15(13)23-4/h6-8,10H,5,9H2,1-4H3. The van der Waals surface area contributed by atoms with E-state index in [1.165, 1.54) is 32.5 Å². The van der Waals surface area contributed by atoms with Crippen LogP contribution in [0.3, 0.4) is 0 Å². The van der Waals surface area contributed by atoms with Crippen LogP contribution in [0.25, 0.3) is 0 Å². The topological polar surface area (TPSA) is 78.0 Å². The molecule has 0 bridgehead atoms. The van der Waals surface area contributed by atoms with E-state index in [2.05, 4.69) is 4.98 Å². The minimum absolute atomic E-state index is 0.00512. The van der Waals surface area contributed by atoms with E-state index in [1.54, 1.807) is 28.5 Å². The lowest BCUT2D eigenvalue weighted by Crippen LogP contribution is -2.27. The molecule has 8 heteroatoms. The first-order valence-electron chi connectivity index (χ1n) is 7.62. The van der Waals surface area contributed by atoms with Crippen molar-refractivity contribution in [2.24, 2.45) is 0 Å². The SMILES string of the molecule is CCN(C(C)=O)c1nc(COC(=O)c2cccc(OC)c2OC)cs1. The van der Waals surface area contributed by atoms with Gasteiger partial charge in [0.15, 0.2) is 16.6 Å². The van der Waals surface area contributed by atoms with Gasteiger partial charge < -0.3 is 14.2 Å². The van der Waals surface area contributed by atoms with Crippen molar-refractivity contribution in [1.29, 1.82) is 0 Å². The average molecular weight is 364 g/mol. The van der Waals surface area contributed by atoms with Gasteiger partial charge in [-0.1, -0.05) is 6.07 Å². The molecule has 7 nitrogen and oxygen atoms in total. The van der Waals surface area contributed by atoms with E-state index < -0.39 is 5.97 Å². The number of hydrogen-bond donors (Lipinski definition) is 0. The molecule has 2 rings (SSSR count). The molecule has 0 aliphatic heterocycles. The van der Waals surface area contributed by atoms with Crippen molar-refractivity contribution in [3.8, 4) is 11.5 Å². The Morgan fingerprint density at radius 3 is 2.60 bits per heavy atom. The van der Waals surface area contributed by atoms with E-state index in [4.69, 9.17) is 14.2 Å². The molecular weight excluding hydrogens is 344 g/mol. The zero-order valence-corrected chi connectivity index (χ0v) is 15.4. The van der Waals surface area contributed by atoms with E-state index in [0.717, 1.165) is 0 Å². The summed E-state index contributed by atoms with van der Waals surface area (Å²) < 4.78 is 15.7. The highest BCUT2D eigenvalue weighted by molar-refractivity contribution is 7.14. The maximum Gasteiger partial charge on any atom is 0.342 e. The molecule has 0 unspecified atom stereocenters. The van der Waals surface area contributed by atoms with Crippen LogP contribution in [0.5, 0.6) is 11.5 Å². The lowest BCUT2D eigenvalue weighted by molar-refractivity contribution is -0.116. The predicted molar refractivity (Wildman–Crippen MR) is 94.5 cm³/mol. The number of aromatic nitrogens is 1. The first kappa shape index (κ1) is 18.7. The Balaban J connectivity index is 2.08. The third-order valence-electron chi connectivity index (χ3n) is 3.44. The van der Waals surface area contributed by atoms with Gasteiger partial charge in [0.2, 0.25) is 5.91 Å². The van der Waals surface area contributed by atoms with Crippen molar-refractivity contribution >= 4 is 28.3 Å². The highest BCUT2D eigenvalue weighted by Crippen LogP contribution is 2.31. The van der Waals surface area contributed by atoms with Crippen molar-refractivity contribution in [3.05, 3.63) is 34.8 Å². The molecular formula is C17H20N2O5S. The zero-order chi connectivity index (χ0) is 18.4. The largest absolute Gasteiger partial charge is 0.493 e. The Hall–Kier alpha value is -2.61. The van der Waals surface area contributed by atoms with Gasteiger partial charge >= 0.3 is 5.97 Å². The van der Waals surface area contributed by atoms with E-state index >= 15 is 0 Å². The number of nitrogens with zero attached hydrogens (tertiary/aromatic N) is 2. The molecule has 0 atom stereocenters. The normalized spacial score (nSPS) is 10.2. The lowest BCUT2D eigenvalue weighted by atomic mass is 10.2. The van der Waals surface area contributed by atoms with Crippen molar-refractivity contribution in [1.82, 2.24) is 4.98 Å². The number of rotatable bonds is 7. The van der Waals surface area contributed by atoms with Crippen LogP contribution in [-0.2, 0) is 16.1 Å². The summed E-state index contributed by atoms with van der Waals surface area (Å²) in [6, 6.07) is 4.99. The van der Waals surface area contributed by atoms with Gasteiger partial charge in [0, 0.05) is 18.8 Å². The number of carbonyl (C=O) groups is 2. The molecule has 0 saturated heterocycles. The van der Waals surface area contributed by atoms with Crippen LogP contribution in [-0.4, -0.2) is 37.6 Å². The minimum atomic E-state index is -0.538. The van der Waals surface area contributed by atoms with Crippen LogP contribution in [0.1, 0.15) is 29.9 Å². The molecule has 0 aliphatic rings. The summed E-state index contributed by atoms with van der Waals surface area (Å²) in [4.78, 5) is 29.8. The first-order chi connectivity index (χ1) is 12.0. The van der Waals surface area contributed by atoms with E-state index in [1.807, 2.05) is 6.92 Å². The quantitative estimate of drug-likeness (QED) is 0.703. The fourth-order valence-electron chi connectivity index (χ4n) is 2.24. The number of hydrogen-bond acceptors (Lipinski definition) is 7. The van der Waals surface area contributed by atoms with Crippen LogP contribution in [0.2, 0.25) is 0 Å². The Bertz CT molecular complexity index is 759. The monoisotopic (exact) mass is 364 g/mol. The van der Waals surface area contributed by atoms with Crippen molar-refractivity contribution in [2.75, 3.05) is 25.7 Å². The molecule has 1 amide bonds. The molecule has 2 aromatic rings. The zero-order valence-electron chi connectivity index (χ0n) is 14.6. The number of ether oxygens (including phenoxy) is 3. The van der Waals surface area contributed by atoms with Gasteiger partial charge in [0.1, 0.15) is 12.2 Å². The van der Waals surface area contributed by atoms with Gasteiger partial charge in [-0.2, -0.15) is 0 Å². The van der Waals surface area contributed by atoms with Gasteiger partial charge in [-0.05, 0) is 19.1 Å². The molecule has 134 valence electrons. The Labute approximate surface area is 150 Å². The third-order valence-corrected chi connectivity index (χ3v) is 4.35. The summed E-state index contributed by atoms with van der Waals surface area (Å²) in [5.74, 6) is 0.154. The molecule has 25 heavy (non-hydrogen) atoms. The van der Waals surface area contributed by atoms with Gasteiger partial charge in [-0.15, -0.1) is 11.3 Å². The van der Waals surface area contributed by atoms with Crippen LogP contribution in [0.15, 0.2) is 23.6 Å². The summed E-state index contributed by atoms with van der Waals surface area (Å²) in [6.07, 6.45) is 0. The van der Waals surface area contributed by atoms with E-state index in [9.17, 15) is 9.59 Å². The van der Waals surface area contributed by atoms with E-state index in [0.29, 0.717) is 28.9 Å². The minimum Gasteiger partial charge on any atom is -0.493 e. The van der Waals surface area contributed by atoms with Gasteiger partial charge in [-0.25, -0.2) is 9.78 Å². The van der Waals surface area contributed by atoms with Crippen molar-refractivity contribution in [2.45, 2.75) is 20.5 Å². The Morgan fingerprint density at radius 1 is 1.24 bits per heavy atom. The molecule has 1 aromatic carbocycles. The number of para-hydroxylation sites is 1. The second-order valence-electron chi connectivity index (χ2n) is 5.00. The molecule has 0 spiro atoms. The number of thiazole rings is 1. The molecule has 0 N–H and O–H groups in total. The number of methoxy groups -OCH3 is 2. The average Bonchev–Trinajstić information content (AvgIpc) is 3.07. The number of carbonyl (C=O) groups excluding carboxylic acids is 2.